The van der Waals surface area contributed by atoms with Crippen molar-refractivity contribution >= 4 is 27.4 Å². The van der Waals surface area contributed by atoms with Crippen molar-refractivity contribution in [3.63, 3.8) is 0 Å². The number of ether oxygens (including phenoxy) is 1. The van der Waals surface area contributed by atoms with Crippen LogP contribution in [0.4, 0.5) is 5.69 Å². The number of carbonyl (C=O) groups excluding carboxylic acids is 1. The lowest BCUT2D eigenvalue weighted by atomic mass is 10.1. The molecular weight excluding hydrogens is 338 g/mol. The van der Waals surface area contributed by atoms with Gasteiger partial charge < -0.3 is 4.74 Å². The molecule has 0 saturated heterocycles. The Hall–Kier alpha value is -2.21. The van der Waals surface area contributed by atoms with Gasteiger partial charge in [-0.1, -0.05) is 19.1 Å². The Morgan fingerprint density at radius 3 is 2.71 bits per heavy atom. The Kier molecular flexibility index (Phi) is 4.70. The largest absolute Gasteiger partial charge is 0.456 e. The number of rotatable bonds is 5. The van der Waals surface area contributed by atoms with E-state index in [0.29, 0.717) is 28.0 Å². The first-order valence-corrected chi connectivity index (χ1v) is 7.05. The number of hydrogen-bond acceptors (Lipinski definition) is 4. The van der Waals surface area contributed by atoms with Crippen molar-refractivity contribution < 1.29 is 14.5 Å². The molecular formula is C15H12BrNO4. The Balaban J connectivity index is 2.32. The molecule has 0 atom stereocenters. The van der Waals surface area contributed by atoms with Gasteiger partial charge in [0, 0.05) is 18.1 Å². The lowest BCUT2D eigenvalue weighted by molar-refractivity contribution is -0.384. The summed E-state index contributed by atoms with van der Waals surface area (Å²) >= 11 is 3.28. The smallest absolute Gasteiger partial charge is 0.273 e. The summed E-state index contributed by atoms with van der Waals surface area (Å²) in [5.41, 5.74) is 0.491. The van der Waals surface area contributed by atoms with E-state index in [9.17, 15) is 14.9 Å². The zero-order chi connectivity index (χ0) is 15.4. The van der Waals surface area contributed by atoms with Gasteiger partial charge in [-0.3, -0.25) is 14.9 Å². The highest BCUT2D eigenvalue weighted by atomic mass is 79.9. The number of Topliss-reactive ketones (excluding diaryl/α,β-unsaturated/α-hetero) is 1. The lowest BCUT2D eigenvalue weighted by Crippen LogP contribution is -1.97. The van der Waals surface area contributed by atoms with E-state index in [1.54, 1.807) is 37.3 Å². The highest BCUT2D eigenvalue weighted by Crippen LogP contribution is 2.33. The van der Waals surface area contributed by atoms with Crippen LogP contribution in [0.5, 0.6) is 11.5 Å². The fraction of sp³-hybridized carbons (Fsp3) is 0.133. The summed E-state index contributed by atoms with van der Waals surface area (Å²) in [6, 6.07) is 11.0. The number of nitro groups is 1. The number of hydrogen-bond donors (Lipinski definition) is 0. The van der Waals surface area contributed by atoms with E-state index in [1.165, 1.54) is 12.1 Å². The molecule has 0 radical (unpaired) electrons. The molecule has 0 saturated carbocycles. The fourth-order valence-corrected chi connectivity index (χ4v) is 2.08. The average Bonchev–Trinajstić information content (AvgIpc) is 2.48. The summed E-state index contributed by atoms with van der Waals surface area (Å²) in [7, 11) is 0. The third-order valence-electron chi connectivity index (χ3n) is 2.83. The number of carbonyl (C=O) groups is 1. The van der Waals surface area contributed by atoms with Crippen LogP contribution in [-0.2, 0) is 0 Å². The standard InChI is InChI=1S/C15H12BrNO4/c1-2-14(18)10-4-3-5-12(8-10)21-15-9-11(17(19)20)6-7-13(15)16/h3-9H,2H2,1H3. The second-order valence-electron chi connectivity index (χ2n) is 4.28. The van der Waals surface area contributed by atoms with Crippen molar-refractivity contribution in [3.8, 4) is 11.5 Å². The fourth-order valence-electron chi connectivity index (χ4n) is 1.75. The second kappa shape index (κ2) is 6.49. The first-order chi connectivity index (χ1) is 10.0. The molecule has 6 heteroatoms. The summed E-state index contributed by atoms with van der Waals surface area (Å²) in [6.45, 7) is 1.78. The van der Waals surface area contributed by atoms with Gasteiger partial charge in [0.05, 0.1) is 15.5 Å². The Morgan fingerprint density at radius 2 is 2.05 bits per heavy atom. The van der Waals surface area contributed by atoms with Gasteiger partial charge in [0.15, 0.2) is 5.78 Å². The van der Waals surface area contributed by atoms with E-state index in [2.05, 4.69) is 15.9 Å². The third-order valence-corrected chi connectivity index (χ3v) is 3.49. The third kappa shape index (κ3) is 3.66. The maximum Gasteiger partial charge on any atom is 0.273 e. The van der Waals surface area contributed by atoms with Crippen LogP contribution >= 0.6 is 15.9 Å². The van der Waals surface area contributed by atoms with Crippen molar-refractivity contribution in [2.24, 2.45) is 0 Å². The van der Waals surface area contributed by atoms with Gasteiger partial charge >= 0.3 is 0 Å². The lowest BCUT2D eigenvalue weighted by Gasteiger charge is -2.08. The van der Waals surface area contributed by atoms with Crippen LogP contribution in [0, 0.1) is 10.1 Å². The van der Waals surface area contributed by atoms with Crippen LogP contribution in [0.3, 0.4) is 0 Å². The van der Waals surface area contributed by atoms with Crippen LogP contribution in [0.25, 0.3) is 0 Å². The van der Waals surface area contributed by atoms with Crippen molar-refractivity contribution in [2.45, 2.75) is 13.3 Å². The van der Waals surface area contributed by atoms with Crippen LogP contribution in [0.2, 0.25) is 0 Å². The Labute approximate surface area is 129 Å². The number of halogens is 1. The monoisotopic (exact) mass is 349 g/mol. The van der Waals surface area contributed by atoms with Crippen molar-refractivity contribution in [3.05, 3.63) is 62.6 Å². The molecule has 0 bridgehead atoms. The molecule has 2 aromatic rings. The number of ketones is 1. The van der Waals surface area contributed by atoms with Crippen LogP contribution in [0.1, 0.15) is 23.7 Å². The molecule has 0 heterocycles. The van der Waals surface area contributed by atoms with E-state index in [0.717, 1.165) is 0 Å². The zero-order valence-corrected chi connectivity index (χ0v) is 12.8. The molecule has 2 rings (SSSR count). The molecule has 0 aliphatic heterocycles. The maximum absolute atomic E-state index is 11.7. The van der Waals surface area contributed by atoms with E-state index < -0.39 is 4.92 Å². The highest BCUT2D eigenvalue weighted by Gasteiger charge is 2.12. The second-order valence-corrected chi connectivity index (χ2v) is 5.13. The van der Waals surface area contributed by atoms with E-state index in [1.807, 2.05) is 0 Å². The summed E-state index contributed by atoms with van der Waals surface area (Å²) in [4.78, 5) is 22.0. The first kappa shape index (κ1) is 15.2. The van der Waals surface area contributed by atoms with E-state index in [-0.39, 0.29) is 11.5 Å². The highest BCUT2D eigenvalue weighted by molar-refractivity contribution is 9.10. The van der Waals surface area contributed by atoms with Gasteiger partial charge in [0.1, 0.15) is 11.5 Å². The normalized spacial score (nSPS) is 10.2. The predicted octanol–water partition coefficient (Wildman–Crippen LogP) is 4.74. The molecule has 0 N–H and O–H groups in total. The number of non-ortho nitro benzene ring substituents is 1. The average molecular weight is 350 g/mol. The van der Waals surface area contributed by atoms with Crippen LogP contribution in [-0.4, -0.2) is 10.7 Å². The first-order valence-electron chi connectivity index (χ1n) is 6.26. The Bertz CT molecular complexity index is 700. The van der Waals surface area contributed by atoms with Crippen LogP contribution in [0.15, 0.2) is 46.9 Å². The van der Waals surface area contributed by atoms with E-state index in [4.69, 9.17) is 4.74 Å². The molecule has 5 nitrogen and oxygen atoms in total. The van der Waals surface area contributed by atoms with Gasteiger partial charge in [-0.2, -0.15) is 0 Å². The van der Waals surface area contributed by atoms with Gasteiger partial charge in [-0.05, 0) is 34.1 Å². The summed E-state index contributed by atoms with van der Waals surface area (Å²) in [5.74, 6) is 0.791. The van der Waals surface area contributed by atoms with Crippen molar-refractivity contribution in [1.82, 2.24) is 0 Å². The van der Waals surface area contributed by atoms with Crippen LogP contribution < -0.4 is 4.74 Å². The molecule has 0 aromatic heterocycles. The number of nitrogens with zero attached hydrogens (tertiary/aromatic N) is 1. The molecule has 0 fully saturated rings. The zero-order valence-electron chi connectivity index (χ0n) is 11.2. The maximum atomic E-state index is 11.7. The molecule has 0 amide bonds. The van der Waals surface area contributed by atoms with Gasteiger partial charge in [-0.25, -0.2) is 0 Å². The molecule has 108 valence electrons. The predicted molar refractivity (Wildman–Crippen MR) is 81.9 cm³/mol. The minimum atomic E-state index is -0.490. The molecule has 0 spiro atoms. The van der Waals surface area contributed by atoms with E-state index >= 15 is 0 Å². The SMILES string of the molecule is CCC(=O)c1cccc(Oc2cc([N+](=O)[O-])ccc2Br)c1. The minimum absolute atomic E-state index is 0.0126. The Morgan fingerprint density at radius 1 is 1.29 bits per heavy atom. The molecule has 0 unspecified atom stereocenters. The molecule has 0 aliphatic rings. The van der Waals surface area contributed by atoms with Crippen molar-refractivity contribution in [1.29, 1.82) is 0 Å². The summed E-state index contributed by atoms with van der Waals surface area (Å²) in [6.07, 6.45) is 0.407. The molecule has 0 aliphatic carbocycles. The summed E-state index contributed by atoms with van der Waals surface area (Å²) < 4.78 is 6.23. The van der Waals surface area contributed by atoms with Gasteiger partial charge in [0.25, 0.3) is 5.69 Å². The number of benzene rings is 2. The topological polar surface area (TPSA) is 69.4 Å². The summed E-state index contributed by atoms with van der Waals surface area (Å²) in [5, 5.41) is 10.8. The van der Waals surface area contributed by atoms with Gasteiger partial charge in [-0.15, -0.1) is 0 Å². The van der Waals surface area contributed by atoms with Gasteiger partial charge in [0.2, 0.25) is 0 Å². The molecule has 2 aromatic carbocycles. The quantitative estimate of drug-likeness (QED) is 0.444. The number of nitro benzene ring substituents is 1. The minimum Gasteiger partial charge on any atom is -0.456 e. The molecule has 21 heavy (non-hydrogen) atoms. The van der Waals surface area contributed by atoms with Crippen molar-refractivity contribution in [2.75, 3.05) is 0 Å².